The van der Waals surface area contributed by atoms with Gasteiger partial charge in [0.25, 0.3) is 0 Å². The number of hydrogen-bond donors (Lipinski definition) is 1. The van der Waals surface area contributed by atoms with Crippen LogP contribution >= 0.6 is 0 Å². The van der Waals surface area contributed by atoms with Crippen molar-refractivity contribution >= 4 is 0 Å². The Morgan fingerprint density at radius 3 is 2.30 bits per heavy atom. The van der Waals surface area contributed by atoms with Crippen LogP contribution in [0.15, 0.2) is 36.4 Å². The highest BCUT2D eigenvalue weighted by atomic mass is 16.5. The number of aryl methyl sites for hydroxylation is 2. The van der Waals surface area contributed by atoms with Crippen LogP contribution in [0.3, 0.4) is 0 Å². The fraction of sp³-hybridized carbons (Fsp3) is 0.294. The minimum Gasteiger partial charge on any atom is -0.497 e. The number of hydrogen-bond acceptors (Lipinski definition) is 3. The van der Waals surface area contributed by atoms with E-state index in [-0.39, 0.29) is 6.61 Å². The summed E-state index contributed by atoms with van der Waals surface area (Å²) in [6.45, 7) is 4.54. The van der Waals surface area contributed by atoms with Crippen molar-refractivity contribution in [1.29, 1.82) is 0 Å². The lowest BCUT2D eigenvalue weighted by Gasteiger charge is -2.14. The van der Waals surface area contributed by atoms with Gasteiger partial charge >= 0.3 is 0 Å². The highest BCUT2D eigenvalue weighted by molar-refractivity contribution is 5.43. The number of aliphatic hydroxyl groups excluding tert-OH is 1. The van der Waals surface area contributed by atoms with Gasteiger partial charge in [-0.05, 0) is 48.2 Å². The van der Waals surface area contributed by atoms with Gasteiger partial charge in [-0.2, -0.15) is 0 Å². The zero-order valence-electron chi connectivity index (χ0n) is 12.1. The second-order valence-corrected chi connectivity index (χ2v) is 4.86. The highest BCUT2D eigenvalue weighted by Gasteiger charge is 2.07. The number of aliphatic hydroxyl groups is 1. The standard InChI is InChI=1S/C17H20O3/c1-12-7-15(10-18)8-13(2)17(12)20-11-14-5-4-6-16(9-14)19-3/h4-9,18H,10-11H2,1-3H3. The van der Waals surface area contributed by atoms with E-state index in [1.807, 2.05) is 50.2 Å². The topological polar surface area (TPSA) is 38.7 Å². The molecule has 0 aliphatic heterocycles. The minimum atomic E-state index is 0.0534. The molecular formula is C17H20O3. The predicted octanol–water partition coefficient (Wildman–Crippen LogP) is 3.38. The lowest BCUT2D eigenvalue weighted by atomic mass is 10.1. The van der Waals surface area contributed by atoms with Crippen LogP contribution in [0.4, 0.5) is 0 Å². The van der Waals surface area contributed by atoms with Crippen LogP contribution in [0.2, 0.25) is 0 Å². The summed E-state index contributed by atoms with van der Waals surface area (Å²) in [5.74, 6) is 1.71. The van der Waals surface area contributed by atoms with Crippen molar-refractivity contribution in [2.75, 3.05) is 7.11 Å². The van der Waals surface area contributed by atoms with Crippen LogP contribution in [0.5, 0.6) is 11.5 Å². The van der Waals surface area contributed by atoms with Crippen LogP contribution in [0.1, 0.15) is 22.3 Å². The summed E-state index contributed by atoms with van der Waals surface area (Å²) in [6, 6.07) is 11.7. The Labute approximate surface area is 119 Å². The molecule has 0 aliphatic rings. The average Bonchev–Trinajstić information content (AvgIpc) is 2.46. The first-order valence-electron chi connectivity index (χ1n) is 6.60. The van der Waals surface area contributed by atoms with Gasteiger partial charge in [0, 0.05) is 0 Å². The number of rotatable bonds is 5. The Balaban J connectivity index is 2.14. The molecule has 2 aromatic carbocycles. The summed E-state index contributed by atoms with van der Waals surface area (Å²) in [6.07, 6.45) is 0. The Bertz CT molecular complexity index is 568. The van der Waals surface area contributed by atoms with Crippen molar-refractivity contribution in [1.82, 2.24) is 0 Å². The molecule has 0 radical (unpaired) electrons. The average molecular weight is 272 g/mol. The fourth-order valence-electron chi connectivity index (χ4n) is 2.28. The maximum atomic E-state index is 9.19. The van der Waals surface area contributed by atoms with Crippen molar-refractivity contribution in [2.24, 2.45) is 0 Å². The zero-order valence-corrected chi connectivity index (χ0v) is 12.1. The van der Waals surface area contributed by atoms with Gasteiger partial charge in [0.2, 0.25) is 0 Å². The summed E-state index contributed by atoms with van der Waals surface area (Å²) in [4.78, 5) is 0. The van der Waals surface area contributed by atoms with Gasteiger partial charge in [-0.1, -0.05) is 24.3 Å². The maximum Gasteiger partial charge on any atom is 0.125 e. The lowest BCUT2D eigenvalue weighted by Crippen LogP contribution is -2.00. The van der Waals surface area contributed by atoms with Gasteiger partial charge in [0.1, 0.15) is 18.1 Å². The second-order valence-electron chi connectivity index (χ2n) is 4.86. The van der Waals surface area contributed by atoms with E-state index in [2.05, 4.69) is 0 Å². The quantitative estimate of drug-likeness (QED) is 0.906. The smallest absolute Gasteiger partial charge is 0.125 e. The number of benzene rings is 2. The normalized spacial score (nSPS) is 10.4. The molecule has 3 nitrogen and oxygen atoms in total. The molecule has 2 aromatic rings. The van der Waals surface area contributed by atoms with Crippen molar-refractivity contribution in [3.63, 3.8) is 0 Å². The zero-order chi connectivity index (χ0) is 14.5. The highest BCUT2D eigenvalue weighted by Crippen LogP contribution is 2.26. The molecule has 0 aromatic heterocycles. The molecule has 0 unspecified atom stereocenters. The van der Waals surface area contributed by atoms with Gasteiger partial charge in [-0.25, -0.2) is 0 Å². The van der Waals surface area contributed by atoms with Crippen molar-refractivity contribution in [2.45, 2.75) is 27.1 Å². The molecule has 1 N–H and O–H groups in total. The molecule has 0 saturated heterocycles. The minimum absolute atomic E-state index is 0.0534. The fourth-order valence-corrected chi connectivity index (χ4v) is 2.28. The van der Waals surface area contributed by atoms with Crippen LogP contribution in [-0.4, -0.2) is 12.2 Å². The molecule has 0 aliphatic carbocycles. The van der Waals surface area contributed by atoms with E-state index in [9.17, 15) is 5.11 Å². The summed E-state index contributed by atoms with van der Waals surface area (Å²) in [5.41, 5.74) is 4.05. The van der Waals surface area contributed by atoms with Crippen LogP contribution in [-0.2, 0) is 13.2 Å². The molecule has 0 atom stereocenters. The molecule has 0 saturated carbocycles. The third-order valence-corrected chi connectivity index (χ3v) is 3.22. The van der Waals surface area contributed by atoms with Gasteiger partial charge in [-0.15, -0.1) is 0 Å². The van der Waals surface area contributed by atoms with E-state index in [0.29, 0.717) is 6.61 Å². The SMILES string of the molecule is COc1cccc(COc2c(C)cc(CO)cc2C)c1. The van der Waals surface area contributed by atoms with Crippen molar-refractivity contribution in [3.05, 3.63) is 58.7 Å². The molecule has 0 heterocycles. The first kappa shape index (κ1) is 14.4. The molecule has 20 heavy (non-hydrogen) atoms. The Morgan fingerprint density at radius 2 is 1.70 bits per heavy atom. The molecule has 0 spiro atoms. The van der Waals surface area contributed by atoms with E-state index >= 15 is 0 Å². The van der Waals surface area contributed by atoms with Crippen LogP contribution in [0, 0.1) is 13.8 Å². The van der Waals surface area contributed by atoms with Gasteiger partial charge in [0.15, 0.2) is 0 Å². The maximum absolute atomic E-state index is 9.19. The predicted molar refractivity (Wildman–Crippen MR) is 79.2 cm³/mol. The summed E-state index contributed by atoms with van der Waals surface area (Å²) < 4.78 is 11.1. The summed E-state index contributed by atoms with van der Waals surface area (Å²) >= 11 is 0. The van der Waals surface area contributed by atoms with E-state index < -0.39 is 0 Å². The van der Waals surface area contributed by atoms with E-state index in [1.54, 1.807) is 7.11 Å². The Morgan fingerprint density at radius 1 is 1.00 bits per heavy atom. The Hall–Kier alpha value is -2.00. The Kier molecular flexibility index (Phi) is 4.64. The van der Waals surface area contributed by atoms with Crippen LogP contribution in [0.25, 0.3) is 0 Å². The first-order valence-corrected chi connectivity index (χ1v) is 6.60. The monoisotopic (exact) mass is 272 g/mol. The third-order valence-electron chi connectivity index (χ3n) is 3.22. The van der Waals surface area contributed by atoms with E-state index in [0.717, 1.165) is 33.8 Å². The number of ether oxygens (including phenoxy) is 2. The molecule has 0 fully saturated rings. The largest absolute Gasteiger partial charge is 0.497 e. The summed E-state index contributed by atoms with van der Waals surface area (Å²) in [5, 5.41) is 9.19. The van der Waals surface area contributed by atoms with Crippen molar-refractivity contribution in [3.8, 4) is 11.5 Å². The molecule has 0 bridgehead atoms. The van der Waals surface area contributed by atoms with Gasteiger partial charge in [0.05, 0.1) is 13.7 Å². The van der Waals surface area contributed by atoms with E-state index in [1.165, 1.54) is 0 Å². The van der Waals surface area contributed by atoms with E-state index in [4.69, 9.17) is 9.47 Å². The van der Waals surface area contributed by atoms with Crippen molar-refractivity contribution < 1.29 is 14.6 Å². The van der Waals surface area contributed by atoms with Gasteiger partial charge in [-0.3, -0.25) is 0 Å². The molecule has 106 valence electrons. The van der Waals surface area contributed by atoms with Gasteiger partial charge < -0.3 is 14.6 Å². The molecule has 2 rings (SSSR count). The number of methoxy groups -OCH3 is 1. The third kappa shape index (κ3) is 3.31. The molecule has 0 amide bonds. The first-order chi connectivity index (χ1) is 9.63. The lowest BCUT2D eigenvalue weighted by molar-refractivity contribution is 0.280. The summed E-state index contributed by atoms with van der Waals surface area (Å²) in [7, 11) is 1.65. The van der Waals surface area contributed by atoms with Crippen LogP contribution < -0.4 is 9.47 Å². The second kappa shape index (κ2) is 6.44. The molecular weight excluding hydrogens is 252 g/mol. The molecule has 3 heteroatoms.